The summed E-state index contributed by atoms with van der Waals surface area (Å²) >= 11 is 0. The zero-order valence-electron chi connectivity index (χ0n) is 39.0. The minimum Gasteiger partial charge on any atom is -0.309 e. The Morgan fingerprint density at radius 1 is 0.239 bits per heavy atom. The Kier molecular flexibility index (Phi) is 9.47. The third-order valence-corrected chi connectivity index (χ3v) is 15.0. The van der Waals surface area contributed by atoms with E-state index >= 15 is 0 Å². The van der Waals surface area contributed by atoms with Crippen LogP contribution in [-0.4, -0.2) is 0 Å². The van der Waals surface area contributed by atoms with Crippen molar-refractivity contribution in [3.05, 3.63) is 301 Å². The molecule has 2 heteroatoms. The Morgan fingerprint density at radius 2 is 0.676 bits per heavy atom. The predicted molar refractivity (Wildman–Crippen MR) is 298 cm³/mol. The van der Waals surface area contributed by atoms with E-state index in [1.807, 2.05) is 0 Å². The smallest absolute Gasteiger partial charge is 0.0727 e. The molecule has 0 bridgehead atoms. The number of rotatable bonds is 8. The Balaban J connectivity index is 1.05. The number of anilines is 6. The maximum absolute atomic E-state index is 2.52. The molecular formula is C69H46N2. The fraction of sp³-hybridized carbons (Fsp3) is 0.0145. The van der Waals surface area contributed by atoms with Crippen molar-refractivity contribution in [2.45, 2.75) is 5.41 Å². The van der Waals surface area contributed by atoms with E-state index in [-0.39, 0.29) is 0 Å². The van der Waals surface area contributed by atoms with Crippen LogP contribution in [0.2, 0.25) is 0 Å². The zero-order chi connectivity index (χ0) is 46.9. The number of nitrogens with zero attached hydrogens (tertiary/aromatic N) is 2. The van der Waals surface area contributed by atoms with Crippen LogP contribution in [0.4, 0.5) is 34.1 Å². The summed E-state index contributed by atoms with van der Waals surface area (Å²) in [4.78, 5) is 5.01. The normalized spacial score (nSPS) is 14.0. The molecular weight excluding hydrogens is 857 g/mol. The molecule has 71 heavy (non-hydrogen) atoms. The first-order valence-electron chi connectivity index (χ1n) is 24.6. The first-order chi connectivity index (χ1) is 35.3. The SMILES string of the molecule is c1ccc(-c2ccccc2N(c2ccc3c(c2)C2(c4ccccc4-3)c3ccccc3-c3ccc(N(c4ccccc4)c4c(-c5ccccc5)ccc5ccccc45)cc32)c2cccc3ccccc23)cc1. The predicted octanol–water partition coefficient (Wildman–Crippen LogP) is 18.6. The molecule has 12 aromatic rings. The third-order valence-electron chi connectivity index (χ3n) is 15.0. The maximum Gasteiger partial charge on any atom is 0.0727 e. The van der Waals surface area contributed by atoms with E-state index < -0.39 is 5.41 Å². The molecule has 0 amide bonds. The van der Waals surface area contributed by atoms with E-state index in [2.05, 4.69) is 289 Å². The number of para-hydroxylation sites is 2. The third kappa shape index (κ3) is 6.28. The minimum atomic E-state index is -0.628. The van der Waals surface area contributed by atoms with Gasteiger partial charge in [-0.15, -0.1) is 0 Å². The van der Waals surface area contributed by atoms with Crippen LogP contribution >= 0.6 is 0 Å². The summed E-state index contributed by atoms with van der Waals surface area (Å²) in [5.41, 5.74) is 21.0. The van der Waals surface area contributed by atoms with E-state index in [1.54, 1.807) is 0 Å². The summed E-state index contributed by atoms with van der Waals surface area (Å²) in [5.74, 6) is 0. The van der Waals surface area contributed by atoms with Gasteiger partial charge in [0, 0.05) is 39.0 Å². The van der Waals surface area contributed by atoms with Crippen LogP contribution in [0.5, 0.6) is 0 Å². The number of hydrogen-bond donors (Lipinski definition) is 0. The molecule has 0 fully saturated rings. The van der Waals surface area contributed by atoms with Crippen LogP contribution in [0.3, 0.4) is 0 Å². The van der Waals surface area contributed by atoms with Gasteiger partial charge >= 0.3 is 0 Å². The van der Waals surface area contributed by atoms with Crippen molar-refractivity contribution in [2.24, 2.45) is 0 Å². The van der Waals surface area contributed by atoms with E-state index in [4.69, 9.17) is 0 Å². The quantitative estimate of drug-likeness (QED) is 0.150. The molecule has 332 valence electrons. The fourth-order valence-electron chi connectivity index (χ4n) is 12.1. The second kappa shape index (κ2) is 16.5. The topological polar surface area (TPSA) is 6.48 Å². The van der Waals surface area contributed by atoms with Crippen molar-refractivity contribution in [3.63, 3.8) is 0 Å². The highest BCUT2D eigenvalue weighted by Gasteiger charge is 2.52. The first kappa shape index (κ1) is 40.8. The van der Waals surface area contributed by atoms with Gasteiger partial charge in [0.1, 0.15) is 0 Å². The van der Waals surface area contributed by atoms with E-state index in [1.165, 1.54) is 88.3 Å². The lowest BCUT2D eigenvalue weighted by Crippen LogP contribution is -2.26. The van der Waals surface area contributed by atoms with Crippen LogP contribution in [0.25, 0.3) is 66.1 Å². The summed E-state index contributed by atoms with van der Waals surface area (Å²) in [5, 5.41) is 4.79. The second-order valence-corrected chi connectivity index (χ2v) is 18.7. The van der Waals surface area contributed by atoms with Crippen molar-refractivity contribution < 1.29 is 0 Å². The Hall–Kier alpha value is -9.24. The number of fused-ring (bicyclic) bond motifs is 12. The zero-order valence-corrected chi connectivity index (χ0v) is 39.0. The van der Waals surface area contributed by atoms with Crippen molar-refractivity contribution in [3.8, 4) is 44.5 Å². The molecule has 0 aromatic heterocycles. The molecule has 1 spiro atoms. The monoisotopic (exact) mass is 902 g/mol. The lowest BCUT2D eigenvalue weighted by Gasteiger charge is -2.34. The highest BCUT2D eigenvalue weighted by molar-refractivity contribution is 6.07. The van der Waals surface area contributed by atoms with E-state index in [0.29, 0.717) is 0 Å². The standard InChI is InChI=1S/C69H46N2/c1-4-21-47(22-5-1)54-31-16-19-37-66(54)71(67-38-20-27-48-25-10-12-30-55(48)67)53-41-44-61-59-34-15-18-36-63(59)69(65(61)46-53)62-35-17-14-33-58(62)60-43-40-52(45-64(60)69)70(51-28-8-3-9-29-51)68-56-32-13-11-26-50(56)39-42-57(68)49-23-6-2-7-24-49/h1-46H. The Bertz CT molecular complexity index is 3900. The van der Waals surface area contributed by atoms with Gasteiger partial charge in [0.25, 0.3) is 0 Å². The Morgan fingerprint density at radius 3 is 1.32 bits per heavy atom. The highest BCUT2D eigenvalue weighted by Crippen LogP contribution is 2.64. The largest absolute Gasteiger partial charge is 0.309 e. The molecule has 2 aliphatic carbocycles. The molecule has 2 nitrogen and oxygen atoms in total. The summed E-state index contributed by atoms with van der Waals surface area (Å²) in [7, 11) is 0. The molecule has 0 heterocycles. The molecule has 14 rings (SSSR count). The van der Waals surface area contributed by atoms with Gasteiger partial charge in [-0.1, -0.05) is 231 Å². The second-order valence-electron chi connectivity index (χ2n) is 18.7. The van der Waals surface area contributed by atoms with Gasteiger partial charge in [-0.05, 0) is 115 Å². The summed E-state index contributed by atoms with van der Waals surface area (Å²) in [6.07, 6.45) is 0. The molecule has 1 atom stereocenters. The maximum atomic E-state index is 2.52. The van der Waals surface area contributed by atoms with Crippen LogP contribution in [0.15, 0.2) is 279 Å². The van der Waals surface area contributed by atoms with Crippen molar-refractivity contribution >= 4 is 55.7 Å². The van der Waals surface area contributed by atoms with Crippen molar-refractivity contribution in [2.75, 3.05) is 9.80 Å². The molecule has 0 N–H and O–H groups in total. The first-order valence-corrected chi connectivity index (χ1v) is 24.6. The molecule has 2 aliphatic rings. The van der Waals surface area contributed by atoms with E-state index in [9.17, 15) is 0 Å². The highest BCUT2D eigenvalue weighted by atomic mass is 15.2. The van der Waals surface area contributed by atoms with Gasteiger partial charge < -0.3 is 9.80 Å². The average molecular weight is 903 g/mol. The number of benzene rings is 12. The van der Waals surface area contributed by atoms with Gasteiger partial charge in [-0.3, -0.25) is 0 Å². The van der Waals surface area contributed by atoms with Crippen molar-refractivity contribution in [1.82, 2.24) is 0 Å². The van der Waals surface area contributed by atoms with Crippen molar-refractivity contribution in [1.29, 1.82) is 0 Å². The van der Waals surface area contributed by atoms with Crippen LogP contribution in [0.1, 0.15) is 22.3 Å². The molecule has 0 saturated carbocycles. The summed E-state index contributed by atoms with van der Waals surface area (Å²) in [6.45, 7) is 0. The average Bonchev–Trinajstić information content (AvgIpc) is 3.92. The summed E-state index contributed by atoms with van der Waals surface area (Å²) < 4.78 is 0. The van der Waals surface area contributed by atoms with Crippen LogP contribution < -0.4 is 9.80 Å². The Labute approximate surface area is 414 Å². The molecule has 0 saturated heterocycles. The molecule has 12 aromatic carbocycles. The van der Waals surface area contributed by atoms with E-state index in [0.717, 1.165) is 34.1 Å². The van der Waals surface area contributed by atoms with Gasteiger partial charge in [0.15, 0.2) is 0 Å². The lowest BCUT2D eigenvalue weighted by atomic mass is 9.70. The lowest BCUT2D eigenvalue weighted by molar-refractivity contribution is 0.793. The van der Waals surface area contributed by atoms with Gasteiger partial charge in [0.05, 0.1) is 22.5 Å². The van der Waals surface area contributed by atoms with Gasteiger partial charge in [0.2, 0.25) is 0 Å². The minimum absolute atomic E-state index is 0.628. The van der Waals surface area contributed by atoms with Crippen LogP contribution in [-0.2, 0) is 5.41 Å². The molecule has 0 aliphatic heterocycles. The summed E-state index contributed by atoms with van der Waals surface area (Å²) in [6, 6.07) is 103. The van der Waals surface area contributed by atoms with Gasteiger partial charge in [-0.25, -0.2) is 0 Å². The number of hydrogen-bond acceptors (Lipinski definition) is 2. The van der Waals surface area contributed by atoms with Gasteiger partial charge in [-0.2, -0.15) is 0 Å². The fourth-order valence-corrected chi connectivity index (χ4v) is 12.1. The van der Waals surface area contributed by atoms with Crippen LogP contribution in [0, 0.1) is 0 Å². The molecule has 1 unspecified atom stereocenters. The molecule has 0 radical (unpaired) electrons.